The Morgan fingerprint density at radius 3 is 2.52 bits per heavy atom. The quantitative estimate of drug-likeness (QED) is 0.262. The summed E-state index contributed by atoms with van der Waals surface area (Å²) >= 11 is 0. The van der Waals surface area contributed by atoms with Gasteiger partial charge in [-0.2, -0.15) is 0 Å². The van der Waals surface area contributed by atoms with E-state index in [1.54, 1.807) is 24.5 Å². The molecule has 2 aliphatic heterocycles. The van der Waals surface area contributed by atoms with Crippen LogP contribution in [-0.2, 0) is 4.79 Å². The average molecular weight is 423 g/mol. The van der Waals surface area contributed by atoms with Crippen LogP contribution >= 0.6 is 0 Å². The minimum atomic E-state index is -1.60. The van der Waals surface area contributed by atoms with Crippen LogP contribution in [0, 0.1) is 17.5 Å². The van der Waals surface area contributed by atoms with Gasteiger partial charge in [0.15, 0.2) is 23.2 Å². The van der Waals surface area contributed by atoms with Crippen molar-refractivity contribution < 1.29 is 32.2 Å². The summed E-state index contributed by atoms with van der Waals surface area (Å²) in [6, 6.07) is 8.03. The fourth-order valence-electron chi connectivity index (χ4n) is 3.78. The number of hydrogen-bond donors (Lipinski definition) is 0. The predicted molar refractivity (Wildman–Crippen MR) is 102 cm³/mol. The first-order chi connectivity index (χ1) is 14.9. The molecule has 8 heteroatoms. The highest BCUT2D eigenvalue weighted by molar-refractivity contribution is 6.15. The lowest BCUT2D eigenvalue weighted by Gasteiger charge is -2.26. The Hall–Kier alpha value is -3.94. The van der Waals surface area contributed by atoms with E-state index in [0.29, 0.717) is 5.56 Å². The third-order valence-corrected chi connectivity index (χ3v) is 5.17. The van der Waals surface area contributed by atoms with Crippen molar-refractivity contribution in [3.05, 3.63) is 94.3 Å². The maximum Gasteiger partial charge on any atom is 0.312 e. The zero-order valence-electron chi connectivity index (χ0n) is 15.7. The van der Waals surface area contributed by atoms with Crippen molar-refractivity contribution in [1.82, 2.24) is 4.98 Å². The van der Waals surface area contributed by atoms with Gasteiger partial charge in [0.05, 0.1) is 12.0 Å². The highest BCUT2D eigenvalue weighted by Crippen LogP contribution is 2.48. The molecular weight excluding hydrogens is 411 g/mol. The van der Waals surface area contributed by atoms with Crippen LogP contribution in [-0.4, -0.2) is 16.7 Å². The van der Waals surface area contributed by atoms with Crippen LogP contribution in [0.15, 0.2) is 54.6 Å². The summed E-state index contributed by atoms with van der Waals surface area (Å²) in [7, 11) is 0. The van der Waals surface area contributed by atoms with Gasteiger partial charge in [0.25, 0.3) is 0 Å². The topological polar surface area (TPSA) is 65.5 Å². The SMILES string of the molecule is O=C1CC(c2cccnc2)c2c(ccc3c2OC(=Cc2cc(F)c(F)c(F)c2)C3=O)O1. The molecular formula is C23H12F3NO4. The standard InChI is InChI=1S/C23H12F3NO4/c24-15-6-11(7-16(25)21(15)26)8-18-22(29)13-3-4-17-20(23(13)31-18)14(9-19(28)30-17)12-2-1-5-27-10-12/h1-8,10,14H,9H2. The number of hydrogen-bond acceptors (Lipinski definition) is 5. The molecule has 0 amide bonds. The molecule has 1 unspecified atom stereocenters. The number of benzene rings is 2. The molecule has 0 fully saturated rings. The van der Waals surface area contributed by atoms with Crippen LogP contribution in [0.2, 0.25) is 0 Å². The number of ether oxygens (including phenoxy) is 2. The number of ketones is 1. The molecule has 0 spiro atoms. The number of rotatable bonds is 2. The Bertz CT molecular complexity index is 1260. The number of Topliss-reactive ketones (excluding diaryl/α,β-unsaturated/α-hetero) is 1. The van der Waals surface area contributed by atoms with Crippen LogP contribution in [0.3, 0.4) is 0 Å². The fraction of sp³-hybridized carbons (Fsp3) is 0.0870. The monoisotopic (exact) mass is 423 g/mol. The number of allylic oxidation sites excluding steroid dienone is 1. The summed E-state index contributed by atoms with van der Waals surface area (Å²) in [6.07, 6.45) is 4.38. The molecule has 0 N–H and O–H groups in total. The molecule has 0 aliphatic carbocycles. The maximum atomic E-state index is 13.6. The number of carbonyl (C=O) groups excluding carboxylic acids is 2. The molecule has 0 radical (unpaired) electrons. The first-order valence-electron chi connectivity index (χ1n) is 9.28. The fourth-order valence-corrected chi connectivity index (χ4v) is 3.78. The van der Waals surface area contributed by atoms with E-state index in [-0.39, 0.29) is 34.8 Å². The first-order valence-corrected chi connectivity index (χ1v) is 9.28. The largest absolute Gasteiger partial charge is 0.452 e. The van der Waals surface area contributed by atoms with Crippen LogP contribution in [0.1, 0.15) is 39.4 Å². The number of nitrogens with zero attached hydrogens (tertiary/aromatic N) is 1. The van der Waals surface area contributed by atoms with Crippen molar-refractivity contribution in [2.24, 2.45) is 0 Å². The summed E-state index contributed by atoms with van der Waals surface area (Å²) in [6.45, 7) is 0. The van der Waals surface area contributed by atoms with E-state index >= 15 is 0 Å². The van der Waals surface area contributed by atoms with Crippen molar-refractivity contribution in [3.63, 3.8) is 0 Å². The normalized spacial score (nSPS) is 18.4. The third kappa shape index (κ3) is 3.16. The van der Waals surface area contributed by atoms with Gasteiger partial charge in [0.1, 0.15) is 11.5 Å². The number of fused-ring (bicyclic) bond motifs is 3. The average Bonchev–Trinajstić information content (AvgIpc) is 3.07. The Labute approximate surface area is 173 Å². The van der Waals surface area contributed by atoms with E-state index in [1.165, 1.54) is 12.1 Å². The molecule has 2 aliphatic rings. The van der Waals surface area contributed by atoms with Gasteiger partial charge in [0, 0.05) is 23.9 Å². The van der Waals surface area contributed by atoms with E-state index in [0.717, 1.165) is 23.8 Å². The molecule has 3 aromatic rings. The van der Waals surface area contributed by atoms with Gasteiger partial charge in [-0.1, -0.05) is 6.07 Å². The third-order valence-electron chi connectivity index (χ3n) is 5.17. The van der Waals surface area contributed by atoms with Crippen LogP contribution in [0.25, 0.3) is 6.08 Å². The van der Waals surface area contributed by atoms with Gasteiger partial charge in [-0.05, 0) is 47.5 Å². The van der Waals surface area contributed by atoms with E-state index in [4.69, 9.17) is 9.47 Å². The molecule has 5 rings (SSSR count). The van der Waals surface area contributed by atoms with Crippen molar-refractivity contribution >= 4 is 17.8 Å². The first kappa shape index (κ1) is 19.0. The van der Waals surface area contributed by atoms with Crippen LogP contribution in [0.4, 0.5) is 13.2 Å². The van der Waals surface area contributed by atoms with Gasteiger partial charge in [-0.25, -0.2) is 13.2 Å². The Kier molecular flexibility index (Phi) is 4.35. The summed E-state index contributed by atoms with van der Waals surface area (Å²) in [5, 5.41) is 0. The number of aromatic nitrogens is 1. The molecule has 154 valence electrons. The Morgan fingerprint density at radius 2 is 1.81 bits per heavy atom. The van der Waals surface area contributed by atoms with Gasteiger partial charge < -0.3 is 9.47 Å². The molecule has 1 atom stereocenters. The van der Waals surface area contributed by atoms with Gasteiger partial charge >= 0.3 is 5.97 Å². The zero-order chi connectivity index (χ0) is 21.7. The number of pyridine rings is 1. The van der Waals surface area contributed by atoms with E-state index in [2.05, 4.69) is 4.98 Å². The molecule has 2 aromatic carbocycles. The molecule has 1 aromatic heterocycles. The van der Waals surface area contributed by atoms with Gasteiger partial charge in [0.2, 0.25) is 5.78 Å². The minimum absolute atomic E-state index is 0.0279. The molecule has 31 heavy (non-hydrogen) atoms. The Balaban J connectivity index is 1.61. The van der Waals surface area contributed by atoms with Crippen molar-refractivity contribution in [2.75, 3.05) is 0 Å². The number of esters is 1. The predicted octanol–water partition coefficient (Wildman–Crippen LogP) is 4.56. The molecule has 0 saturated heterocycles. The summed E-state index contributed by atoms with van der Waals surface area (Å²) in [5.74, 6) is -5.47. The maximum absolute atomic E-state index is 13.6. The summed E-state index contributed by atoms with van der Waals surface area (Å²) in [5.41, 5.74) is 1.40. The lowest BCUT2D eigenvalue weighted by molar-refractivity contribution is -0.135. The zero-order valence-corrected chi connectivity index (χ0v) is 15.7. The smallest absolute Gasteiger partial charge is 0.312 e. The molecule has 0 saturated carbocycles. The van der Waals surface area contributed by atoms with E-state index in [1.807, 2.05) is 0 Å². The molecule has 5 nitrogen and oxygen atoms in total. The van der Waals surface area contributed by atoms with E-state index < -0.39 is 35.1 Å². The summed E-state index contributed by atoms with van der Waals surface area (Å²) in [4.78, 5) is 29.1. The van der Waals surface area contributed by atoms with E-state index in [9.17, 15) is 22.8 Å². The van der Waals surface area contributed by atoms with Crippen LogP contribution < -0.4 is 9.47 Å². The van der Waals surface area contributed by atoms with Crippen LogP contribution in [0.5, 0.6) is 11.5 Å². The van der Waals surface area contributed by atoms with Gasteiger partial charge in [-0.15, -0.1) is 0 Å². The van der Waals surface area contributed by atoms with Gasteiger partial charge in [-0.3, -0.25) is 14.6 Å². The second-order valence-corrected chi connectivity index (χ2v) is 7.11. The summed E-state index contributed by atoms with van der Waals surface area (Å²) < 4.78 is 51.4. The second-order valence-electron chi connectivity index (χ2n) is 7.11. The van der Waals surface area contributed by atoms with Crippen molar-refractivity contribution in [2.45, 2.75) is 12.3 Å². The lowest BCUT2D eigenvalue weighted by Crippen LogP contribution is -2.21. The highest BCUT2D eigenvalue weighted by Gasteiger charge is 2.38. The molecule has 0 bridgehead atoms. The number of carbonyl (C=O) groups is 2. The Morgan fingerprint density at radius 1 is 1.03 bits per heavy atom. The van der Waals surface area contributed by atoms with Crippen molar-refractivity contribution in [1.29, 1.82) is 0 Å². The second kappa shape index (κ2) is 7.09. The minimum Gasteiger partial charge on any atom is -0.452 e. The lowest BCUT2D eigenvalue weighted by atomic mass is 9.85. The highest BCUT2D eigenvalue weighted by atomic mass is 19.2. The van der Waals surface area contributed by atoms with Crippen molar-refractivity contribution in [3.8, 4) is 11.5 Å². The number of halogens is 3. The molecule has 3 heterocycles.